The molecule has 0 bridgehead atoms. The second-order valence-electron chi connectivity index (χ2n) is 3.64. The van der Waals surface area contributed by atoms with E-state index in [-0.39, 0.29) is 12.3 Å². The molecule has 1 amide bonds. The molecule has 0 spiro atoms. The van der Waals surface area contributed by atoms with Crippen molar-refractivity contribution in [3.63, 3.8) is 0 Å². The third kappa shape index (κ3) is 4.40. The van der Waals surface area contributed by atoms with E-state index >= 15 is 0 Å². The van der Waals surface area contributed by atoms with Crippen LogP contribution in [0.15, 0.2) is 18.2 Å². The molecule has 0 aliphatic carbocycles. The average molecular weight is 255 g/mol. The molecule has 5 nitrogen and oxygen atoms in total. The fourth-order valence-electron chi connectivity index (χ4n) is 1.41. The van der Waals surface area contributed by atoms with Crippen molar-refractivity contribution in [1.82, 2.24) is 5.32 Å². The number of rotatable bonds is 6. The number of hydrogen-bond acceptors (Lipinski definition) is 3. The van der Waals surface area contributed by atoms with E-state index in [0.717, 1.165) is 0 Å². The summed E-state index contributed by atoms with van der Waals surface area (Å²) in [6.45, 7) is 0.262. The number of ether oxygens (including phenoxy) is 1. The molecule has 0 unspecified atom stereocenters. The molecular weight excluding hydrogens is 241 g/mol. The third-order valence-corrected chi connectivity index (χ3v) is 2.26. The van der Waals surface area contributed by atoms with Crippen LogP contribution in [-0.4, -0.2) is 30.6 Å². The fourth-order valence-corrected chi connectivity index (χ4v) is 1.41. The Kier molecular flexibility index (Phi) is 5.10. The molecule has 6 heteroatoms. The summed E-state index contributed by atoms with van der Waals surface area (Å²) in [7, 11) is 1.38. The maximum Gasteiger partial charge on any atom is 0.312 e. The van der Waals surface area contributed by atoms with Crippen molar-refractivity contribution < 1.29 is 23.8 Å². The highest BCUT2D eigenvalue weighted by molar-refractivity contribution is 5.93. The van der Waals surface area contributed by atoms with Gasteiger partial charge in [-0.05, 0) is 24.1 Å². The van der Waals surface area contributed by atoms with Crippen LogP contribution in [0.1, 0.15) is 12.0 Å². The minimum Gasteiger partial charge on any atom is -0.494 e. The van der Waals surface area contributed by atoms with Crippen LogP contribution in [0.5, 0.6) is 5.75 Å². The zero-order valence-electron chi connectivity index (χ0n) is 9.90. The van der Waals surface area contributed by atoms with Crippen LogP contribution in [0.25, 0.3) is 0 Å². The zero-order valence-corrected chi connectivity index (χ0v) is 9.90. The number of nitrogens with one attached hydrogen (secondary N) is 1. The minimum absolute atomic E-state index is 0.161. The standard InChI is InChI=1S/C12H14FNO4/c1-18-10-3-2-8(6-9(10)13)4-5-14-11(15)7-12(16)17/h2-3,6H,4-5,7H2,1H3,(H,14,15)(H,16,17). The smallest absolute Gasteiger partial charge is 0.312 e. The lowest BCUT2D eigenvalue weighted by atomic mass is 10.1. The monoisotopic (exact) mass is 255 g/mol. The number of hydrogen-bond donors (Lipinski definition) is 2. The Morgan fingerprint density at radius 1 is 1.44 bits per heavy atom. The lowest BCUT2D eigenvalue weighted by Gasteiger charge is -2.06. The third-order valence-electron chi connectivity index (χ3n) is 2.26. The van der Waals surface area contributed by atoms with Crippen LogP contribution in [0.4, 0.5) is 4.39 Å². The number of carboxylic acid groups (broad SMARTS) is 1. The first-order valence-electron chi connectivity index (χ1n) is 5.34. The van der Waals surface area contributed by atoms with Crippen molar-refractivity contribution in [3.8, 4) is 5.75 Å². The van der Waals surface area contributed by atoms with Gasteiger partial charge in [0.2, 0.25) is 5.91 Å². The van der Waals surface area contributed by atoms with Gasteiger partial charge < -0.3 is 15.2 Å². The van der Waals surface area contributed by atoms with Gasteiger partial charge in [-0.2, -0.15) is 0 Å². The number of carbonyl (C=O) groups is 2. The van der Waals surface area contributed by atoms with Gasteiger partial charge in [0.15, 0.2) is 11.6 Å². The van der Waals surface area contributed by atoms with Gasteiger partial charge in [0.05, 0.1) is 7.11 Å². The second kappa shape index (κ2) is 6.58. The van der Waals surface area contributed by atoms with E-state index in [1.54, 1.807) is 6.07 Å². The number of methoxy groups -OCH3 is 1. The van der Waals surface area contributed by atoms with Gasteiger partial charge >= 0.3 is 5.97 Å². The van der Waals surface area contributed by atoms with E-state index in [0.29, 0.717) is 12.0 Å². The highest BCUT2D eigenvalue weighted by Crippen LogP contribution is 2.17. The molecule has 1 aromatic rings. The normalized spacial score (nSPS) is 9.89. The Morgan fingerprint density at radius 2 is 2.17 bits per heavy atom. The number of halogens is 1. The summed E-state index contributed by atoms with van der Waals surface area (Å²) in [4.78, 5) is 21.3. The summed E-state index contributed by atoms with van der Waals surface area (Å²) >= 11 is 0. The molecule has 0 saturated carbocycles. The summed E-state index contributed by atoms with van der Waals surface area (Å²) in [5, 5.41) is 10.8. The quantitative estimate of drug-likeness (QED) is 0.743. The maximum absolute atomic E-state index is 13.3. The Hall–Kier alpha value is -2.11. The van der Waals surface area contributed by atoms with Crippen LogP contribution >= 0.6 is 0 Å². The first-order chi connectivity index (χ1) is 8.52. The molecule has 0 heterocycles. The van der Waals surface area contributed by atoms with E-state index in [4.69, 9.17) is 9.84 Å². The number of carboxylic acids is 1. The summed E-state index contributed by atoms with van der Waals surface area (Å²) in [5.41, 5.74) is 0.698. The summed E-state index contributed by atoms with van der Waals surface area (Å²) < 4.78 is 18.1. The topological polar surface area (TPSA) is 75.6 Å². The Morgan fingerprint density at radius 3 is 2.72 bits per heavy atom. The van der Waals surface area contributed by atoms with Gasteiger partial charge in [0.1, 0.15) is 6.42 Å². The first-order valence-corrected chi connectivity index (χ1v) is 5.34. The van der Waals surface area contributed by atoms with Crippen molar-refractivity contribution in [2.75, 3.05) is 13.7 Å². The summed E-state index contributed by atoms with van der Waals surface area (Å²) in [5.74, 6) is -2.04. The van der Waals surface area contributed by atoms with Crippen molar-refractivity contribution in [1.29, 1.82) is 0 Å². The number of carbonyl (C=O) groups excluding carboxylic acids is 1. The molecular formula is C12H14FNO4. The molecule has 0 aromatic heterocycles. The van der Waals surface area contributed by atoms with Gasteiger partial charge in [0, 0.05) is 6.54 Å². The first kappa shape index (κ1) is 14.0. The van der Waals surface area contributed by atoms with Crippen molar-refractivity contribution >= 4 is 11.9 Å². The van der Waals surface area contributed by atoms with E-state index in [1.807, 2.05) is 0 Å². The predicted octanol–water partition coefficient (Wildman–Crippen LogP) is 0.968. The lowest BCUT2D eigenvalue weighted by Crippen LogP contribution is -2.27. The molecule has 2 N–H and O–H groups in total. The minimum atomic E-state index is -1.18. The SMILES string of the molecule is COc1ccc(CCNC(=O)CC(=O)O)cc1F. The number of aliphatic carboxylic acids is 1. The molecule has 0 aliphatic rings. The Balaban J connectivity index is 2.42. The van der Waals surface area contributed by atoms with Gasteiger partial charge in [-0.3, -0.25) is 9.59 Å². The maximum atomic E-state index is 13.3. The molecule has 1 rings (SSSR count). The Bertz CT molecular complexity index is 448. The largest absolute Gasteiger partial charge is 0.494 e. The highest BCUT2D eigenvalue weighted by Gasteiger charge is 2.07. The molecule has 98 valence electrons. The molecule has 0 saturated heterocycles. The fraction of sp³-hybridized carbons (Fsp3) is 0.333. The van der Waals surface area contributed by atoms with E-state index in [1.165, 1.54) is 19.2 Å². The molecule has 0 atom stereocenters. The summed E-state index contributed by atoms with van der Waals surface area (Å²) in [6, 6.07) is 4.51. The van der Waals surface area contributed by atoms with Crippen LogP contribution in [0.2, 0.25) is 0 Å². The molecule has 0 radical (unpaired) electrons. The number of benzene rings is 1. The molecule has 0 fully saturated rings. The molecule has 0 aliphatic heterocycles. The Labute approximate surface area is 104 Å². The average Bonchev–Trinajstić information content (AvgIpc) is 2.28. The predicted molar refractivity (Wildman–Crippen MR) is 61.9 cm³/mol. The van der Waals surface area contributed by atoms with E-state index < -0.39 is 24.1 Å². The van der Waals surface area contributed by atoms with Crippen molar-refractivity contribution in [3.05, 3.63) is 29.6 Å². The van der Waals surface area contributed by atoms with Gasteiger partial charge in [-0.25, -0.2) is 4.39 Å². The molecule has 1 aromatic carbocycles. The number of amides is 1. The van der Waals surface area contributed by atoms with Gasteiger partial charge in [-0.15, -0.1) is 0 Å². The van der Waals surface area contributed by atoms with E-state index in [9.17, 15) is 14.0 Å². The van der Waals surface area contributed by atoms with Crippen LogP contribution in [0, 0.1) is 5.82 Å². The van der Waals surface area contributed by atoms with E-state index in [2.05, 4.69) is 5.32 Å². The second-order valence-corrected chi connectivity index (χ2v) is 3.64. The van der Waals surface area contributed by atoms with Gasteiger partial charge in [-0.1, -0.05) is 6.07 Å². The van der Waals surface area contributed by atoms with Crippen LogP contribution < -0.4 is 10.1 Å². The van der Waals surface area contributed by atoms with Crippen molar-refractivity contribution in [2.45, 2.75) is 12.8 Å². The van der Waals surface area contributed by atoms with Gasteiger partial charge in [0.25, 0.3) is 0 Å². The lowest BCUT2D eigenvalue weighted by molar-refractivity contribution is -0.140. The summed E-state index contributed by atoms with van der Waals surface area (Å²) in [6.07, 6.45) is -0.136. The van der Waals surface area contributed by atoms with Crippen molar-refractivity contribution in [2.24, 2.45) is 0 Å². The molecule has 18 heavy (non-hydrogen) atoms. The highest BCUT2D eigenvalue weighted by atomic mass is 19.1. The van der Waals surface area contributed by atoms with Crippen LogP contribution in [-0.2, 0) is 16.0 Å². The zero-order chi connectivity index (χ0) is 13.5. The van der Waals surface area contributed by atoms with Crippen LogP contribution in [0.3, 0.4) is 0 Å².